The van der Waals surface area contributed by atoms with Gasteiger partial charge >= 0.3 is 0 Å². The molecule has 24 heavy (non-hydrogen) atoms. The Kier molecular flexibility index (Phi) is 10.0. The number of halogens is 2. The van der Waals surface area contributed by atoms with Crippen molar-refractivity contribution in [1.82, 2.24) is 15.5 Å². The van der Waals surface area contributed by atoms with Gasteiger partial charge in [-0.15, -0.1) is 24.0 Å². The summed E-state index contributed by atoms with van der Waals surface area (Å²) in [7, 11) is 0. The lowest BCUT2D eigenvalue weighted by Crippen LogP contribution is -2.49. The van der Waals surface area contributed by atoms with E-state index in [9.17, 15) is 0 Å². The molecule has 4 nitrogen and oxygen atoms in total. The smallest absolute Gasteiger partial charge is 0.191 e. The van der Waals surface area contributed by atoms with Crippen LogP contribution in [0.2, 0.25) is 5.02 Å². The number of hydrogen-bond acceptors (Lipinski definition) is 2. The summed E-state index contributed by atoms with van der Waals surface area (Å²) in [6.45, 7) is 10.5. The molecule has 1 saturated heterocycles. The molecule has 0 aromatic heterocycles. The van der Waals surface area contributed by atoms with Crippen molar-refractivity contribution in [2.75, 3.05) is 19.6 Å². The normalized spacial score (nSPS) is 16.8. The van der Waals surface area contributed by atoms with Gasteiger partial charge in [0.05, 0.1) is 6.54 Å². The number of guanidine groups is 1. The Bertz CT molecular complexity index is 496. The molecule has 0 amide bonds. The third kappa shape index (κ3) is 7.15. The van der Waals surface area contributed by atoms with Gasteiger partial charge in [-0.1, -0.05) is 23.7 Å². The molecule has 0 radical (unpaired) electrons. The van der Waals surface area contributed by atoms with Gasteiger partial charge in [0, 0.05) is 36.7 Å². The summed E-state index contributed by atoms with van der Waals surface area (Å²) in [4.78, 5) is 7.24. The Hall–Kier alpha value is -0.530. The fraction of sp³-hybridized carbons (Fsp3) is 0.611. The number of nitrogens with zero attached hydrogens (tertiary/aromatic N) is 2. The minimum absolute atomic E-state index is 0. The molecule has 1 fully saturated rings. The van der Waals surface area contributed by atoms with E-state index >= 15 is 0 Å². The van der Waals surface area contributed by atoms with Crippen LogP contribution in [-0.2, 0) is 6.54 Å². The lowest BCUT2D eigenvalue weighted by atomic mass is 10.0. The maximum absolute atomic E-state index is 5.92. The first-order valence-corrected chi connectivity index (χ1v) is 8.99. The zero-order chi connectivity index (χ0) is 16.7. The van der Waals surface area contributed by atoms with Gasteiger partial charge in [-0.25, -0.2) is 4.99 Å². The second-order valence-electron chi connectivity index (χ2n) is 6.37. The van der Waals surface area contributed by atoms with Crippen LogP contribution >= 0.6 is 35.6 Å². The summed E-state index contributed by atoms with van der Waals surface area (Å²) in [5.74, 6) is 0.908. The molecule has 0 bridgehead atoms. The summed E-state index contributed by atoms with van der Waals surface area (Å²) in [5.41, 5.74) is 1.17. The number of rotatable bonds is 5. The quantitative estimate of drug-likeness (QED) is 0.395. The van der Waals surface area contributed by atoms with E-state index in [0.717, 1.165) is 30.6 Å². The number of benzene rings is 1. The van der Waals surface area contributed by atoms with Crippen LogP contribution in [-0.4, -0.2) is 42.6 Å². The maximum atomic E-state index is 5.92. The van der Waals surface area contributed by atoms with Gasteiger partial charge in [-0.3, -0.25) is 0 Å². The number of nitrogens with one attached hydrogen (secondary N) is 2. The van der Waals surface area contributed by atoms with Crippen molar-refractivity contribution in [3.05, 3.63) is 34.9 Å². The lowest BCUT2D eigenvalue weighted by molar-refractivity contribution is 0.167. The molecule has 1 aliphatic heterocycles. The highest BCUT2D eigenvalue weighted by Gasteiger charge is 2.21. The molecule has 0 atom stereocenters. The van der Waals surface area contributed by atoms with Crippen molar-refractivity contribution in [3.63, 3.8) is 0 Å². The maximum Gasteiger partial charge on any atom is 0.191 e. The van der Waals surface area contributed by atoms with E-state index in [1.165, 1.54) is 18.4 Å². The second kappa shape index (κ2) is 11.2. The molecule has 1 heterocycles. The molecule has 0 saturated carbocycles. The number of hydrogen-bond donors (Lipinski definition) is 2. The van der Waals surface area contributed by atoms with E-state index in [1.54, 1.807) is 0 Å². The Morgan fingerprint density at radius 3 is 2.42 bits per heavy atom. The molecule has 1 aromatic carbocycles. The van der Waals surface area contributed by atoms with Gasteiger partial charge in [0.1, 0.15) is 0 Å². The van der Waals surface area contributed by atoms with Gasteiger partial charge in [-0.2, -0.15) is 0 Å². The van der Waals surface area contributed by atoms with Gasteiger partial charge in [0.15, 0.2) is 5.96 Å². The Morgan fingerprint density at radius 1 is 1.25 bits per heavy atom. The first-order chi connectivity index (χ1) is 11.1. The van der Waals surface area contributed by atoms with Crippen molar-refractivity contribution in [2.24, 2.45) is 4.99 Å². The highest BCUT2D eigenvalue weighted by Crippen LogP contribution is 2.13. The zero-order valence-corrected chi connectivity index (χ0v) is 18.0. The van der Waals surface area contributed by atoms with E-state index in [-0.39, 0.29) is 24.0 Å². The van der Waals surface area contributed by atoms with Gasteiger partial charge in [-0.05, 0) is 51.3 Å². The van der Waals surface area contributed by atoms with Crippen LogP contribution in [0.15, 0.2) is 29.3 Å². The minimum atomic E-state index is 0. The number of aliphatic imine (C=N–C) groups is 1. The first-order valence-electron chi connectivity index (χ1n) is 8.61. The SMILES string of the molecule is CCNC(=NCc1ccc(Cl)cc1)NC1CCN(C(C)C)CC1.I. The Labute approximate surface area is 168 Å². The molecular weight excluding hydrogens is 435 g/mol. The zero-order valence-electron chi connectivity index (χ0n) is 14.9. The molecular formula is C18H30ClIN4. The summed E-state index contributed by atoms with van der Waals surface area (Å²) in [5, 5.41) is 7.69. The predicted octanol–water partition coefficient (Wildman–Crippen LogP) is 3.89. The largest absolute Gasteiger partial charge is 0.357 e. The van der Waals surface area contributed by atoms with E-state index in [4.69, 9.17) is 16.6 Å². The minimum Gasteiger partial charge on any atom is -0.357 e. The summed E-state index contributed by atoms with van der Waals surface area (Å²) in [6.07, 6.45) is 2.34. The molecule has 1 aliphatic rings. The summed E-state index contributed by atoms with van der Waals surface area (Å²) >= 11 is 5.92. The predicted molar refractivity (Wildman–Crippen MR) is 115 cm³/mol. The van der Waals surface area contributed by atoms with Crippen LogP contribution in [0, 0.1) is 0 Å². The topological polar surface area (TPSA) is 39.7 Å². The average Bonchev–Trinajstić information content (AvgIpc) is 2.55. The van der Waals surface area contributed by atoms with Crippen LogP contribution in [0.5, 0.6) is 0 Å². The standard InChI is InChI=1S/C18H29ClN4.HI/c1-4-20-18(21-13-15-5-7-16(19)8-6-15)22-17-9-11-23(12-10-17)14(2)3;/h5-8,14,17H,4,9-13H2,1-3H3,(H2,20,21,22);1H. The van der Waals surface area contributed by atoms with Gasteiger partial charge in [0.25, 0.3) is 0 Å². The van der Waals surface area contributed by atoms with Crippen LogP contribution < -0.4 is 10.6 Å². The number of piperidine rings is 1. The van der Waals surface area contributed by atoms with Crippen molar-refractivity contribution < 1.29 is 0 Å². The Balaban J connectivity index is 0.00000288. The van der Waals surface area contributed by atoms with Crippen molar-refractivity contribution in [2.45, 2.75) is 52.2 Å². The van der Waals surface area contributed by atoms with Crippen LogP contribution in [0.4, 0.5) is 0 Å². The van der Waals surface area contributed by atoms with Gasteiger partial charge in [0.2, 0.25) is 0 Å². The molecule has 2 rings (SSSR count). The molecule has 136 valence electrons. The monoisotopic (exact) mass is 464 g/mol. The highest BCUT2D eigenvalue weighted by atomic mass is 127. The van der Waals surface area contributed by atoms with E-state index < -0.39 is 0 Å². The molecule has 0 spiro atoms. The summed E-state index contributed by atoms with van der Waals surface area (Å²) in [6, 6.07) is 9.02. The van der Waals surface area contributed by atoms with E-state index in [0.29, 0.717) is 18.6 Å². The molecule has 2 N–H and O–H groups in total. The first kappa shape index (κ1) is 21.5. The van der Waals surface area contributed by atoms with Crippen molar-refractivity contribution >= 4 is 41.5 Å². The van der Waals surface area contributed by atoms with Gasteiger partial charge < -0.3 is 15.5 Å². The molecule has 0 unspecified atom stereocenters. The number of likely N-dealkylation sites (tertiary alicyclic amines) is 1. The fourth-order valence-electron chi connectivity index (χ4n) is 2.83. The third-order valence-corrected chi connectivity index (χ3v) is 4.53. The summed E-state index contributed by atoms with van der Waals surface area (Å²) < 4.78 is 0. The highest BCUT2D eigenvalue weighted by molar-refractivity contribution is 14.0. The lowest BCUT2D eigenvalue weighted by Gasteiger charge is -2.35. The van der Waals surface area contributed by atoms with E-state index in [2.05, 4.69) is 36.3 Å². The van der Waals surface area contributed by atoms with Crippen LogP contribution in [0.1, 0.15) is 39.2 Å². The van der Waals surface area contributed by atoms with Crippen LogP contribution in [0.3, 0.4) is 0 Å². The third-order valence-electron chi connectivity index (χ3n) is 4.28. The average molecular weight is 465 g/mol. The Morgan fingerprint density at radius 2 is 1.88 bits per heavy atom. The van der Waals surface area contributed by atoms with E-state index in [1.807, 2.05) is 24.3 Å². The van der Waals surface area contributed by atoms with Crippen LogP contribution in [0.25, 0.3) is 0 Å². The molecule has 6 heteroatoms. The second-order valence-corrected chi connectivity index (χ2v) is 6.81. The fourth-order valence-corrected chi connectivity index (χ4v) is 2.96. The van der Waals surface area contributed by atoms with Crippen molar-refractivity contribution in [3.8, 4) is 0 Å². The molecule has 0 aliphatic carbocycles. The van der Waals surface area contributed by atoms with Crippen molar-refractivity contribution in [1.29, 1.82) is 0 Å². The molecule has 1 aromatic rings.